The van der Waals surface area contributed by atoms with Crippen LogP contribution in [-0.2, 0) is 11.3 Å². The fraction of sp³-hybridized carbons (Fsp3) is 0.227. The smallest absolute Gasteiger partial charge is 0.324 e. The maximum Gasteiger partial charge on any atom is 0.324 e. The molecule has 1 saturated heterocycles. The van der Waals surface area contributed by atoms with Gasteiger partial charge in [0.2, 0.25) is 0 Å². The number of ether oxygens (including phenoxy) is 2. The Balaban J connectivity index is 1.60. The lowest BCUT2D eigenvalue weighted by Crippen LogP contribution is -2.36. The highest BCUT2D eigenvalue weighted by molar-refractivity contribution is 6.33. The topological polar surface area (TPSA) is 76.2 Å². The number of hydrogen-bond acceptors (Lipinski definition) is 6. The summed E-state index contributed by atoms with van der Waals surface area (Å²) in [5, 5.41) is 8.58. The monoisotopic (exact) mass is 457 g/mol. The third-order valence-corrected chi connectivity index (χ3v) is 5.50. The number of nitrogens with zero attached hydrogens (tertiary/aromatic N) is 4. The van der Waals surface area contributed by atoms with Gasteiger partial charge in [0, 0.05) is 31.3 Å². The number of morpholine rings is 1. The number of rotatable bonds is 5. The zero-order valence-corrected chi connectivity index (χ0v) is 17.6. The van der Waals surface area contributed by atoms with Gasteiger partial charge in [0.1, 0.15) is 11.5 Å². The molecule has 1 fully saturated rings. The lowest BCUT2D eigenvalue weighted by atomic mass is 10.1. The lowest BCUT2D eigenvalue weighted by molar-refractivity contribution is 0.0338. The van der Waals surface area contributed by atoms with Crippen molar-refractivity contribution in [2.75, 3.05) is 26.3 Å². The van der Waals surface area contributed by atoms with Crippen molar-refractivity contribution in [1.82, 2.24) is 25.1 Å². The van der Waals surface area contributed by atoms with Gasteiger partial charge in [0.25, 0.3) is 0 Å². The van der Waals surface area contributed by atoms with Crippen LogP contribution in [0.25, 0.3) is 22.3 Å². The summed E-state index contributed by atoms with van der Waals surface area (Å²) in [4.78, 5) is 11.1. The van der Waals surface area contributed by atoms with E-state index in [0.29, 0.717) is 47.2 Å². The van der Waals surface area contributed by atoms with E-state index in [1.165, 1.54) is 6.07 Å². The van der Waals surface area contributed by atoms with Crippen molar-refractivity contribution < 1.29 is 18.3 Å². The summed E-state index contributed by atoms with van der Waals surface area (Å²) >= 11 is 6.41. The van der Waals surface area contributed by atoms with Crippen LogP contribution in [0.4, 0.5) is 8.78 Å². The van der Waals surface area contributed by atoms with Gasteiger partial charge in [0.15, 0.2) is 17.2 Å². The molecular formula is C22H18ClF2N5O2. The van der Waals surface area contributed by atoms with Gasteiger partial charge in [0.05, 0.1) is 29.3 Å². The van der Waals surface area contributed by atoms with Crippen LogP contribution in [-0.4, -0.2) is 51.4 Å². The molecular weight excluding hydrogens is 440 g/mol. The SMILES string of the molecule is Fc1ccc(Oc2nc(CN3CCOCC3)c3c(-c4ccccc4Cl)n[nH]c3n2)c(F)c1. The average molecular weight is 458 g/mol. The van der Waals surface area contributed by atoms with Gasteiger partial charge in [-0.05, 0) is 18.2 Å². The summed E-state index contributed by atoms with van der Waals surface area (Å²) in [6.45, 7) is 3.23. The summed E-state index contributed by atoms with van der Waals surface area (Å²) < 4.78 is 38.4. The zero-order valence-electron chi connectivity index (χ0n) is 16.8. The molecule has 10 heteroatoms. The van der Waals surface area contributed by atoms with Crippen molar-refractivity contribution in [1.29, 1.82) is 0 Å². The Kier molecular flexibility index (Phi) is 5.69. The van der Waals surface area contributed by atoms with E-state index in [4.69, 9.17) is 21.1 Å². The van der Waals surface area contributed by atoms with Gasteiger partial charge in [-0.15, -0.1) is 0 Å². The molecule has 0 bridgehead atoms. The minimum atomic E-state index is -0.843. The van der Waals surface area contributed by atoms with Gasteiger partial charge < -0.3 is 9.47 Å². The fourth-order valence-corrected chi connectivity index (χ4v) is 3.84. The Hall–Kier alpha value is -3.14. The minimum Gasteiger partial charge on any atom is -0.421 e. The quantitative estimate of drug-likeness (QED) is 0.473. The molecule has 0 spiro atoms. The summed E-state index contributed by atoms with van der Waals surface area (Å²) in [5.74, 6) is -1.71. The highest BCUT2D eigenvalue weighted by atomic mass is 35.5. The van der Waals surface area contributed by atoms with E-state index in [2.05, 4.69) is 25.1 Å². The number of nitrogens with one attached hydrogen (secondary N) is 1. The average Bonchev–Trinajstić information content (AvgIpc) is 3.21. The van der Waals surface area contributed by atoms with E-state index in [1.807, 2.05) is 18.2 Å². The highest BCUT2D eigenvalue weighted by Gasteiger charge is 2.22. The first kappa shape index (κ1) is 20.7. The number of fused-ring (bicyclic) bond motifs is 1. The molecule has 1 aliphatic heterocycles. The molecule has 2 aromatic heterocycles. The molecule has 5 rings (SSSR count). The molecule has 0 saturated carbocycles. The molecule has 1 aliphatic rings. The van der Waals surface area contributed by atoms with E-state index in [1.54, 1.807) is 6.07 Å². The van der Waals surface area contributed by atoms with Crippen LogP contribution < -0.4 is 4.74 Å². The molecule has 2 aromatic carbocycles. The Bertz CT molecular complexity index is 1280. The largest absolute Gasteiger partial charge is 0.421 e. The molecule has 1 N–H and O–H groups in total. The highest BCUT2D eigenvalue weighted by Crippen LogP contribution is 2.34. The Labute approximate surface area is 187 Å². The second-order valence-electron chi connectivity index (χ2n) is 7.29. The first-order valence-corrected chi connectivity index (χ1v) is 10.4. The molecule has 0 unspecified atom stereocenters. The number of H-pyrrole nitrogens is 1. The van der Waals surface area contributed by atoms with Crippen LogP contribution >= 0.6 is 11.6 Å². The van der Waals surface area contributed by atoms with Crippen molar-refractivity contribution in [2.24, 2.45) is 0 Å². The zero-order chi connectivity index (χ0) is 22.1. The molecule has 0 amide bonds. The third-order valence-electron chi connectivity index (χ3n) is 5.18. The van der Waals surface area contributed by atoms with Crippen LogP contribution in [0.5, 0.6) is 11.8 Å². The second kappa shape index (κ2) is 8.78. The minimum absolute atomic E-state index is 0.0689. The van der Waals surface area contributed by atoms with Crippen molar-refractivity contribution in [2.45, 2.75) is 6.54 Å². The number of benzene rings is 2. The summed E-state index contributed by atoms with van der Waals surface area (Å²) in [6, 6.07) is 10.4. The van der Waals surface area contributed by atoms with Crippen molar-refractivity contribution >= 4 is 22.6 Å². The Morgan fingerprint density at radius 2 is 1.91 bits per heavy atom. The maximum atomic E-state index is 14.1. The Morgan fingerprint density at radius 3 is 2.69 bits per heavy atom. The van der Waals surface area contributed by atoms with E-state index < -0.39 is 11.6 Å². The predicted octanol–water partition coefficient (Wildman–Crippen LogP) is 4.58. The van der Waals surface area contributed by atoms with E-state index in [0.717, 1.165) is 30.8 Å². The van der Waals surface area contributed by atoms with Crippen LogP contribution in [0.1, 0.15) is 5.69 Å². The van der Waals surface area contributed by atoms with Gasteiger partial charge in [-0.1, -0.05) is 29.8 Å². The van der Waals surface area contributed by atoms with Gasteiger partial charge in [-0.25, -0.2) is 8.78 Å². The summed E-state index contributed by atoms with van der Waals surface area (Å²) in [6.07, 6.45) is 0. The van der Waals surface area contributed by atoms with E-state index >= 15 is 0 Å². The second-order valence-corrected chi connectivity index (χ2v) is 7.70. The number of hydrogen-bond donors (Lipinski definition) is 1. The van der Waals surface area contributed by atoms with Gasteiger partial charge in [-0.3, -0.25) is 10.00 Å². The molecule has 164 valence electrons. The fourth-order valence-electron chi connectivity index (χ4n) is 3.61. The molecule has 4 aromatic rings. The van der Waals surface area contributed by atoms with Crippen molar-refractivity contribution in [3.63, 3.8) is 0 Å². The molecule has 0 atom stereocenters. The molecule has 0 radical (unpaired) electrons. The Morgan fingerprint density at radius 1 is 1.09 bits per heavy atom. The summed E-state index contributed by atoms with van der Waals surface area (Å²) in [5.41, 5.74) is 2.44. The van der Waals surface area contributed by atoms with Crippen LogP contribution in [0.3, 0.4) is 0 Å². The number of aromatic nitrogens is 4. The normalized spacial score (nSPS) is 14.7. The predicted molar refractivity (Wildman–Crippen MR) is 115 cm³/mol. The van der Waals surface area contributed by atoms with Crippen LogP contribution in [0.2, 0.25) is 5.02 Å². The molecule has 0 aliphatic carbocycles. The lowest BCUT2D eigenvalue weighted by Gasteiger charge is -2.26. The molecule has 7 nitrogen and oxygen atoms in total. The molecule has 3 heterocycles. The number of aromatic amines is 1. The van der Waals surface area contributed by atoms with Gasteiger partial charge >= 0.3 is 6.01 Å². The van der Waals surface area contributed by atoms with Crippen molar-refractivity contribution in [3.05, 3.63) is 64.8 Å². The van der Waals surface area contributed by atoms with Crippen molar-refractivity contribution in [3.8, 4) is 23.0 Å². The van der Waals surface area contributed by atoms with E-state index in [9.17, 15) is 8.78 Å². The standard InChI is InChI=1S/C22H18ClF2N5O2/c23-15-4-2-1-3-14(15)20-19-17(12-30-7-9-31-10-8-30)26-22(27-21(19)29-28-20)32-18-6-5-13(24)11-16(18)25/h1-6,11H,7-10,12H2,(H,26,27,28,29). The first-order valence-electron chi connectivity index (χ1n) is 10.0. The maximum absolute atomic E-state index is 14.1. The van der Waals surface area contributed by atoms with Crippen LogP contribution in [0, 0.1) is 11.6 Å². The number of halogens is 3. The van der Waals surface area contributed by atoms with Crippen LogP contribution in [0.15, 0.2) is 42.5 Å². The molecule has 32 heavy (non-hydrogen) atoms. The third kappa shape index (κ3) is 4.14. The van der Waals surface area contributed by atoms with Gasteiger partial charge in [-0.2, -0.15) is 15.1 Å². The van der Waals surface area contributed by atoms with E-state index in [-0.39, 0.29) is 11.8 Å². The summed E-state index contributed by atoms with van der Waals surface area (Å²) in [7, 11) is 0. The first-order chi connectivity index (χ1) is 15.6.